The Hall–Kier alpha value is -2.20. The molecule has 0 aliphatic rings. The lowest BCUT2D eigenvalue weighted by Gasteiger charge is -2.22. The summed E-state index contributed by atoms with van der Waals surface area (Å²) in [4.78, 5) is 0. The molecule has 4 nitrogen and oxygen atoms in total. The van der Waals surface area contributed by atoms with Gasteiger partial charge in [-0.3, -0.25) is 0 Å². The zero-order chi connectivity index (χ0) is 15.4. The van der Waals surface area contributed by atoms with Gasteiger partial charge in [0.25, 0.3) is 0 Å². The first kappa shape index (κ1) is 15.2. The summed E-state index contributed by atoms with van der Waals surface area (Å²) in [6.07, 6.45) is 0. The molecule has 0 aliphatic carbocycles. The summed E-state index contributed by atoms with van der Waals surface area (Å²) in [5, 5.41) is 23.0. The molecule has 0 aliphatic heterocycles. The van der Waals surface area contributed by atoms with Crippen molar-refractivity contribution in [3.05, 3.63) is 53.6 Å². The van der Waals surface area contributed by atoms with E-state index in [1.807, 2.05) is 38.1 Å². The molecule has 3 N–H and O–H groups in total. The first-order valence-electron chi connectivity index (χ1n) is 6.93. The minimum Gasteiger partial charge on any atom is -0.508 e. The highest BCUT2D eigenvalue weighted by atomic mass is 16.5. The molecular weight excluding hydrogens is 266 g/mol. The van der Waals surface area contributed by atoms with Gasteiger partial charge in [-0.25, -0.2) is 0 Å². The maximum atomic E-state index is 10.1. The molecule has 2 atom stereocenters. The van der Waals surface area contributed by atoms with Gasteiger partial charge >= 0.3 is 0 Å². The van der Waals surface area contributed by atoms with Crippen molar-refractivity contribution in [1.82, 2.24) is 5.32 Å². The first-order valence-corrected chi connectivity index (χ1v) is 6.93. The highest BCUT2D eigenvalue weighted by Gasteiger charge is 2.15. The molecule has 0 bridgehead atoms. The molecule has 0 saturated carbocycles. The van der Waals surface area contributed by atoms with Crippen LogP contribution in [-0.4, -0.2) is 17.3 Å². The second kappa shape index (κ2) is 6.50. The summed E-state index contributed by atoms with van der Waals surface area (Å²) in [7, 11) is 1.57. The molecule has 4 heteroatoms. The SMILES string of the molecule is COc1ccc(C(C)NC(C)c2cccc(O)c2)c(O)c1. The summed E-state index contributed by atoms with van der Waals surface area (Å²) in [5.41, 5.74) is 1.80. The normalized spacial score (nSPS) is 13.7. The fraction of sp³-hybridized carbons (Fsp3) is 0.294. The molecule has 0 fully saturated rings. The van der Waals surface area contributed by atoms with Gasteiger partial charge in [-0.15, -0.1) is 0 Å². The van der Waals surface area contributed by atoms with E-state index in [0.29, 0.717) is 5.75 Å². The Kier molecular flexibility index (Phi) is 4.70. The highest BCUT2D eigenvalue weighted by Crippen LogP contribution is 2.30. The fourth-order valence-electron chi connectivity index (χ4n) is 2.37. The van der Waals surface area contributed by atoms with Gasteiger partial charge in [-0.1, -0.05) is 18.2 Å². The summed E-state index contributed by atoms with van der Waals surface area (Å²) < 4.78 is 5.09. The summed E-state index contributed by atoms with van der Waals surface area (Å²) >= 11 is 0. The third-order valence-corrected chi connectivity index (χ3v) is 3.57. The Bertz CT molecular complexity index is 613. The number of benzene rings is 2. The summed E-state index contributed by atoms with van der Waals surface area (Å²) in [6, 6.07) is 12.4. The van der Waals surface area contributed by atoms with Crippen LogP contribution in [0, 0.1) is 0 Å². The van der Waals surface area contributed by atoms with E-state index >= 15 is 0 Å². The van der Waals surface area contributed by atoms with E-state index in [2.05, 4.69) is 5.32 Å². The molecular formula is C17H21NO3. The molecule has 0 aromatic heterocycles. The molecule has 2 unspecified atom stereocenters. The topological polar surface area (TPSA) is 61.7 Å². The van der Waals surface area contributed by atoms with Crippen LogP contribution in [0.1, 0.15) is 37.1 Å². The number of rotatable bonds is 5. The van der Waals surface area contributed by atoms with E-state index in [1.54, 1.807) is 25.3 Å². The van der Waals surface area contributed by atoms with Crippen LogP contribution in [-0.2, 0) is 0 Å². The molecule has 112 valence electrons. The van der Waals surface area contributed by atoms with E-state index in [-0.39, 0.29) is 23.6 Å². The van der Waals surface area contributed by atoms with Gasteiger partial charge < -0.3 is 20.3 Å². The maximum absolute atomic E-state index is 10.1. The van der Waals surface area contributed by atoms with Crippen LogP contribution in [0.2, 0.25) is 0 Å². The van der Waals surface area contributed by atoms with E-state index < -0.39 is 0 Å². The Morgan fingerprint density at radius 2 is 1.76 bits per heavy atom. The van der Waals surface area contributed by atoms with Crippen molar-refractivity contribution in [2.75, 3.05) is 7.11 Å². The van der Waals surface area contributed by atoms with E-state index in [0.717, 1.165) is 11.1 Å². The lowest BCUT2D eigenvalue weighted by atomic mass is 10.0. The molecule has 2 aromatic rings. The van der Waals surface area contributed by atoms with Gasteiger partial charge in [0, 0.05) is 23.7 Å². The smallest absolute Gasteiger partial charge is 0.124 e. The highest BCUT2D eigenvalue weighted by molar-refractivity contribution is 5.41. The zero-order valence-corrected chi connectivity index (χ0v) is 12.5. The van der Waals surface area contributed by atoms with Crippen molar-refractivity contribution in [2.24, 2.45) is 0 Å². The quantitative estimate of drug-likeness (QED) is 0.787. The van der Waals surface area contributed by atoms with Crippen LogP contribution in [0.3, 0.4) is 0 Å². The van der Waals surface area contributed by atoms with E-state index in [9.17, 15) is 10.2 Å². The van der Waals surface area contributed by atoms with E-state index in [4.69, 9.17) is 4.74 Å². The number of aromatic hydroxyl groups is 2. The second-order valence-electron chi connectivity index (χ2n) is 5.13. The predicted molar refractivity (Wildman–Crippen MR) is 82.7 cm³/mol. The average Bonchev–Trinajstić information content (AvgIpc) is 2.46. The van der Waals surface area contributed by atoms with Gasteiger partial charge in [0.2, 0.25) is 0 Å². The molecule has 0 saturated heterocycles. The van der Waals surface area contributed by atoms with Crippen LogP contribution in [0.5, 0.6) is 17.2 Å². The molecule has 0 radical (unpaired) electrons. The van der Waals surface area contributed by atoms with Crippen molar-refractivity contribution in [3.8, 4) is 17.2 Å². The monoisotopic (exact) mass is 287 g/mol. The van der Waals surface area contributed by atoms with Crippen LogP contribution in [0.25, 0.3) is 0 Å². The minimum absolute atomic E-state index is 0.0340. The number of phenols is 2. The lowest BCUT2D eigenvalue weighted by molar-refractivity contribution is 0.401. The third kappa shape index (κ3) is 3.67. The number of phenolic OH excluding ortho intramolecular Hbond substituents is 2. The number of hydrogen-bond acceptors (Lipinski definition) is 4. The van der Waals surface area contributed by atoms with Gasteiger partial charge in [-0.2, -0.15) is 0 Å². The zero-order valence-electron chi connectivity index (χ0n) is 12.5. The van der Waals surface area contributed by atoms with Gasteiger partial charge in [0.15, 0.2) is 0 Å². The Morgan fingerprint density at radius 3 is 2.38 bits per heavy atom. The molecule has 0 amide bonds. The minimum atomic E-state index is -0.0340. The standard InChI is InChI=1S/C17H21NO3/c1-11(13-5-4-6-14(19)9-13)18-12(2)16-8-7-15(21-3)10-17(16)20/h4-12,18-20H,1-3H3. The van der Waals surface area contributed by atoms with Crippen molar-refractivity contribution in [1.29, 1.82) is 0 Å². The predicted octanol–water partition coefficient (Wildman–Crippen LogP) is 3.52. The average molecular weight is 287 g/mol. The number of ether oxygens (including phenoxy) is 1. The van der Waals surface area contributed by atoms with E-state index in [1.165, 1.54) is 0 Å². The van der Waals surface area contributed by atoms with Crippen LogP contribution >= 0.6 is 0 Å². The summed E-state index contributed by atoms with van der Waals surface area (Å²) in [6.45, 7) is 4.01. The lowest BCUT2D eigenvalue weighted by Crippen LogP contribution is -2.22. The van der Waals surface area contributed by atoms with Crippen molar-refractivity contribution >= 4 is 0 Å². The van der Waals surface area contributed by atoms with Crippen LogP contribution in [0.4, 0.5) is 0 Å². The van der Waals surface area contributed by atoms with Gasteiger partial charge in [0.1, 0.15) is 17.2 Å². The fourth-order valence-corrected chi connectivity index (χ4v) is 2.37. The van der Waals surface area contributed by atoms with Crippen molar-refractivity contribution < 1.29 is 14.9 Å². The second-order valence-corrected chi connectivity index (χ2v) is 5.13. The molecule has 0 spiro atoms. The van der Waals surface area contributed by atoms with Gasteiger partial charge in [0.05, 0.1) is 7.11 Å². The molecule has 2 aromatic carbocycles. The number of hydrogen-bond donors (Lipinski definition) is 3. The van der Waals surface area contributed by atoms with Crippen molar-refractivity contribution in [3.63, 3.8) is 0 Å². The Labute approximate surface area is 125 Å². The van der Waals surface area contributed by atoms with Gasteiger partial charge in [-0.05, 0) is 37.6 Å². The van der Waals surface area contributed by atoms with Crippen molar-refractivity contribution in [2.45, 2.75) is 25.9 Å². The largest absolute Gasteiger partial charge is 0.508 e. The van der Waals surface area contributed by atoms with Crippen LogP contribution < -0.4 is 10.1 Å². The molecule has 2 rings (SSSR count). The maximum Gasteiger partial charge on any atom is 0.124 e. The molecule has 0 heterocycles. The Morgan fingerprint density at radius 1 is 1.00 bits per heavy atom. The summed E-state index contributed by atoms with van der Waals surface area (Å²) in [5.74, 6) is 1.09. The number of methoxy groups -OCH3 is 1. The van der Waals surface area contributed by atoms with Crippen LogP contribution in [0.15, 0.2) is 42.5 Å². The molecule has 21 heavy (non-hydrogen) atoms. The third-order valence-electron chi connectivity index (χ3n) is 3.57. The first-order chi connectivity index (χ1) is 10.0. The number of nitrogens with one attached hydrogen (secondary N) is 1. The Balaban J connectivity index is 2.12.